The summed E-state index contributed by atoms with van der Waals surface area (Å²) in [6, 6.07) is 0. The summed E-state index contributed by atoms with van der Waals surface area (Å²) in [4.78, 5) is 18.5. The molecule has 0 fully saturated rings. The lowest BCUT2D eigenvalue weighted by Crippen LogP contribution is -2.51. The van der Waals surface area contributed by atoms with Gasteiger partial charge in [-0.1, -0.05) is 18.3 Å². The molecule has 0 bridgehead atoms. The maximum atomic E-state index is 12.1. The standard InChI is InChI=1S/C12H22N4O3S/c1-4-5-16(3)11-14-9(13)8(20-11)10(19)15-12(2,6-17)7-18/h17-18H,4-7,13H2,1-3H3,(H,15,19). The van der Waals surface area contributed by atoms with Gasteiger partial charge in [0, 0.05) is 13.6 Å². The molecule has 0 spiro atoms. The van der Waals surface area contributed by atoms with Crippen molar-refractivity contribution in [2.45, 2.75) is 25.8 Å². The van der Waals surface area contributed by atoms with Gasteiger partial charge in [-0.15, -0.1) is 0 Å². The number of nitrogens with one attached hydrogen (secondary N) is 1. The third kappa shape index (κ3) is 3.81. The monoisotopic (exact) mass is 302 g/mol. The SMILES string of the molecule is CCCN(C)c1nc(N)c(C(=O)NC(C)(CO)CO)s1. The Morgan fingerprint density at radius 1 is 1.50 bits per heavy atom. The average molecular weight is 302 g/mol. The summed E-state index contributed by atoms with van der Waals surface area (Å²) >= 11 is 1.19. The van der Waals surface area contributed by atoms with Gasteiger partial charge in [-0.3, -0.25) is 4.79 Å². The molecule has 5 N–H and O–H groups in total. The number of nitrogens with zero attached hydrogens (tertiary/aromatic N) is 2. The van der Waals surface area contributed by atoms with Crippen molar-refractivity contribution in [3.8, 4) is 0 Å². The van der Waals surface area contributed by atoms with E-state index in [-0.39, 0.29) is 23.9 Å². The van der Waals surface area contributed by atoms with Crippen molar-refractivity contribution in [2.75, 3.05) is 37.4 Å². The van der Waals surface area contributed by atoms with Gasteiger partial charge in [-0.25, -0.2) is 4.98 Å². The molecule has 1 amide bonds. The van der Waals surface area contributed by atoms with E-state index in [4.69, 9.17) is 5.73 Å². The smallest absolute Gasteiger partial charge is 0.265 e. The fraction of sp³-hybridized carbons (Fsp3) is 0.667. The Labute approximate surface area is 122 Å². The number of aromatic nitrogens is 1. The quantitative estimate of drug-likeness (QED) is 0.566. The molecule has 0 unspecified atom stereocenters. The Morgan fingerprint density at radius 3 is 2.60 bits per heavy atom. The number of thiazole rings is 1. The first-order valence-electron chi connectivity index (χ1n) is 6.38. The highest BCUT2D eigenvalue weighted by Gasteiger charge is 2.27. The second-order valence-electron chi connectivity index (χ2n) is 4.96. The van der Waals surface area contributed by atoms with Crippen LogP contribution in [0.5, 0.6) is 0 Å². The van der Waals surface area contributed by atoms with E-state index < -0.39 is 11.4 Å². The molecule has 0 aliphatic heterocycles. The number of carbonyl (C=O) groups is 1. The van der Waals surface area contributed by atoms with E-state index in [1.165, 1.54) is 11.3 Å². The highest BCUT2D eigenvalue weighted by atomic mass is 32.1. The summed E-state index contributed by atoms with van der Waals surface area (Å²) < 4.78 is 0. The number of carbonyl (C=O) groups excluding carboxylic acids is 1. The lowest BCUT2D eigenvalue weighted by Gasteiger charge is -2.25. The Bertz CT molecular complexity index is 460. The molecule has 0 atom stereocenters. The van der Waals surface area contributed by atoms with E-state index >= 15 is 0 Å². The van der Waals surface area contributed by atoms with Crippen LogP contribution in [0.1, 0.15) is 29.9 Å². The number of anilines is 2. The van der Waals surface area contributed by atoms with Gasteiger partial charge in [0.2, 0.25) is 0 Å². The number of rotatable bonds is 7. The van der Waals surface area contributed by atoms with E-state index in [0.717, 1.165) is 13.0 Å². The summed E-state index contributed by atoms with van der Waals surface area (Å²) in [6.07, 6.45) is 0.963. The summed E-state index contributed by atoms with van der Waals surface area (Å²) in [7, 11) is 1.88. The zero-order chi connectivity index (χ0) is 15.3. The first-order valence-corrected chi connectivity index (χ1v) is 7.20. The van der Waals surface area contributed by atoms with Crippen LogP contribution in [0.25, 0.3) is 0 Å². The predicted octanol–water partition coefficient (Wildman–Crippen LogP) is 0.0446. The second kappa shape index (κ2) is 6.87. The second-order valence-corrected chi connectivity index (χ2v) is 5.94. The molecule has 0 aromatic carbocycles. The summed E-state index contributed by atoms with van der Waals surface area (Å²) in [6.45, 7) is 3.69. The molecule has 114 valence electrons. The van der Waals surface area contributed by atoms with Gasteiger partial charge < -0.3 is 26.2 Å². The fourth-order valence-electron chi connectivity index (χ4n) is 1.54. The van der Waals surface area contributed by atoms with Crippen molar-refractivity contribution in [3.63, 3.8) is 0 Å². The maximum absolute atomic E-state index is 12.1. The van der Waals surface area contributed by atoms with E-state index in [9.17, 15) is 15.0 Å². The molecule has 1 rings (SSSR count). The van der Waals surface area contributed by atoms with Crippen LogP contribution >= 0.6 is 11.3 Å². The van der Waals surface area contributed by atoms with Crippen molar-refractivity contribution in [1.29, 1.82) is 0 Å². The van der Waals surface area contributed by atoms with Crippen molar-refractivity contribution in [3.05, 3.63) is 4.88 Å². The van der Waals surface area contributed by atoms with Gasteiger partial charge in [0.1, 0.15) is 10.7 Å². The molecule has 1 heterocycles. The number of nitrogens with two attached hydrogens (primary N) is 1. The average Bonchev–Trinajstić information content (AvgIpc) is 2.81. The van der Waals surface area contributed by atoms with Gasteiger partial charge in [0.05, 0.1) is 18.8 Å². The van der Waals surface area contributed by atoms with Gasteiger partial charge >= 0.3 is 0 Å². The van der Waals surface area contributed by atoms with Crippen molar-refractivity contribution in [2.24, 2.45) is 0 Å². The third-order valence-electron chi connectivity index (χ3n) is 2.85. The molecule has 0 aliphatic rings. The van der Waals surface area contributed by atoms with Crippen LogP contribution in [0.4, 0.5) is 10.9 Å². The predicted molar refractivity (Wildman–Crippen MR) is 80.1 cm³/mol. The minimum absolute atomic E-state index is 0.156. The van der Waals surface area contributed by atoms with Crippen LogP contribution in [-0.4, -0.2) is 53.4 Å². The number of hydrogen-bond acceptors (Lipinski definition) is 7. The minimum atomic E-state index is -1.08. The van der Waals surface area contributed by atoms with Crippen LogP contribution in [0, 0.1) is 0 Å². The molecule has 8 heteroatoms. The first-order chi connectivity index (χ1) is 9.36. The Balaban J connectivity index is 2.89. The lowest BCUT2D eigenvalue weighted by atomic mass is 10.1. The fourth-order valence-corrected chi connectivity index (χ4v) is 2.40. The minimum Gasteiger partial charge on any atom is -0.394 e. The highest BCUT2D eigenvalue weighted by Crippen LogP contribution is 2.27. The number of aliphatic hydroxyl groups is 2. The largest absolute Gasteiger partial charge is 0.394 e. The highest BCUT2D eigenvalue weighted by molar-refractivity contribution is 7.18. The zero-order valence-electron chi connectivity index (χ0n) is 12.0. The zero-order valence-corrected chi connectivity index (χ0v) is 12.8. The molecular formula is C12H22N4O3S. The third-order valence-corrected chi connectivity index (χ3v) is 4.03. The number of aliphatic hydroxyl groups excluding tert-OH is 2. The molecule has 0 aliphatic carbocycles. The number of amides is 1. The summed E-state index contributed by atoms with van der Waals surface area (Å²) in [5, 5.41) is 21.6. The van der Waals surface area contributed by atoms with Gasteiger partial charge in [0.25, 0.3) is 5.91 Å². The van der Waals surface area contributed by atoms with E-state index in [1.807, 2.05) is 11.9 Å². The Hall–Kier alpha value is -1.38. The molecule has 1 aromatic heterocycles. The van der Waals surface area contributed by atoms with Crippen LogP contribution in [0.3, 0.4) is 0 Å². The molecule has 0 radical (unpaired) electrons. The molecule has 1 aromatic rings. The molecule has 7 nitrogen and oxygen atoms in total. The van der Waals surface area contributed by atoms with Crippen LogP contribution in [0.2, 0.25) is 0 Å². The normalized spacial score (nSPS) is 11.4. The Kier molecular flexibility index (Phi) is 5.73. The van der Waals surface area contributed by atoms with Gasteiger partial charge in [-0.2, -0.15) is 0 Å². The van der Waals surface area contributed by atoms with Gasteiger partial charge in [-0.05, 0) is 13.3 Å². The van der Waals surface area contributed by atoms with Crippen LogP contribution in [-0.2, 0) is 0 Å². The van der Waals surface area contributed by atoms with Crippen molar-refractivity contribution >= 4 is 28.2 Å². The topological polar surface area (TPSA) is 112 Å². The van der Waals surface area contributed by atoms with E-state index in [0.29, 0.717) is 5.13 Å². The number of nitrogen functional groups attached to an aromatic ring is 1. The van der Waals surface area contributed by atoms with Crippen molar-refractivity contribution < 1.29 is 15.0 Å². The van der Waals surface area contributed by atoms with Crippen LogP contribution < -0.4 is 16.0 Å². The molecule has 0 saturated carbocycles. The van der Waals surface area contributed by atoms with E-state index in [2.05, 4.69) is 17.2 Å². The summed E-state index contributed by atoms with van der Waals surface area (Å²) in [5.41, 5.74) is 4.68. The lowest BCUT2D eigenvalue weighted by molar-refractivity contribution is 0.0728. The summed E-state index contributed by atoms with van der Waals surface area (Å²) in [5.74, 6) is -0.287. The van der Waals surface area contributed by atoms with Gasteiger partial charge in [0.15, 0.2) is 5.13 Å². The molecule has 0 saturated heterocycles. The van der Waals surface area contributed by atoms with Crippen LogP contribution in [0.15, 0.2) is 0 Å². The Morgan fingerprint density at radius 2 is 2.10 bits per heavy atom. The molecular weight excluding hydrogens is 280 g/mol. The molecule has 20 heavy (non-hydrogen) atoms. The maximum Gasteiger partial charge on any atom is 0.265 e. The van der Waals surface area contributed by atoms with E-state index in [1.54, 1.807) is 6.92 Å². The first kappa shape index (κ1) is 16.7. The number of hydrogen-bond donors (Lipinski definition) is 4. The van der Waals surface area contributed by atoms with Crippen molar-refractivity contribution in [1.82, 2.24) is 10.3 Å².